The summed E-state index contributed by atoms with van der Waals surface area (Å²) in [6.45, 7) is 0. The molecule has 0 amide bonds. The topological polar surface area (TPSA) is 78.0 Å². The van der Waals surface area contributed by atoms with Crippen molar-refractivity contribution in [2.45, 2.75) is 10.4 Å². The summed E-state index contributed by atoms with van der Waals surface area (Å²) in [6.07, 6.45) is 0. The number of anilines is 2. The number of alkyl halides is 3. The highest BCUT2D eigenvalue weighted by Crippen LogP contribution is 2.37. The van der Waals surface area contributed by atoms with Gasteiger partial charge in [0.1, 0.15) is 0 Å². The molecule has 106 valence electrons. The van der Waals surface area contributed by atoms with Crippen LogP contribution < -0.4 is 10.9 Å². The van der Waals surface area contributed by atoms with E-state index in [9.17, 15) is 18.0 Å². The van der Waals surface area contributed by atoms with Gasteiger partial charge in [0.05, 0.1) is 6.07 Å². The monoisotopic (exact) mass is 303 g/mol. The number of thioether (sulfide) groups is 1. The highest BCUT2D eigenvalue weighted by molar-refractivity contribution is 8.00. The third-order valence-electron chi connectivity index (χ3n) is 2.06. The van der Waals surface area contributed by atoms with Crippen molar-refractivity contribution in [2.24, 2.45) is 0 Å². The van der Waals surface area contributed by atoms with Crippen molar-refractivity contribution in [1.29, 1.82) is 0 Å². The predicted molar refractivity (Wildman–Crippen MR) is 68.2 cm³/mol. The fourth-order valence-electron chi connectivity index (χ4n) is 1.41. The Hall–Kier alpha value is -2.16. The average molecular weight is 303 g/mol. The van der Waals surface area contributed by atoms with Gasteiger partial charge >= 0.3 is 5.51 Å². The van der Waals surface area contributed by atoms with Crippen molar-refractivity contribution >= 4 is 23.4 Å². The van der Waals surface area contributed by atoms with Crippen LogP contribution in [0.5, 0.6) is 5.88 Å². The number of hydrogen-bond donors (Lipinski definition) is 3. The lowest BCUT2D eigenvalue weighted by atomic mass is 10.3. The number of benzene rings is 1. The number of aromatic nitrogens is 2. The Morgan fingerprint density at radius 2 is 2.05 bits per heavy atom. The van der Waals surface area contributed by atoms with Crippen molar-refractivity contribution in [3.63, 3.8) is 0 Å². The Morgan fingerprint density at radius 3 is 2.70 bits per heavy atom. The van der Waals surface area contributed by atoms with Crippen molar-refractivity contribution < 1.29 is 18.3 Å². The van der Waals surface area contributed by atoms with Crippen molar-refractivity contribution in [3.05, 3.63) is 40.7 Å². The van der Waals surface area contributed by atoms with Crippen LogP contribution in [0, 0.1) is 0 Å². The minimum absolute atomic E-state index is 0.00926. The van der Waals surface area contributed by atoms with Crippen LogP contribution in [0.3, 0.4) is 0 Å². The van der Waals surface area contributed by atoms with Crippen LogP contribution in [0.4, 0.5) is 24.8 Å². The van der Waals surface area contributed by atoms with E-state index in [4.69, 9.17) is 5.11 Å². The van der Waals surface area contributed by atoms with Crippen molar-refractivity contribution in [2.75, 3.05) is 5.32 Å². The summed E-state index contributed by atoms with van der Waals surface area (Å²) in [4.78, 5) is 17.0. The summed E-state index contributed by atoms with van der Waals surface area (Å²) in [5, 5.41) is 11.8. The van der Waals surface area contributed by atoms with E-state index < -0.39 is 16.9 Å². The molecule has 0 aliphatic carbocycles. The molecule has 0 spiro atoms. The normalized spacial score (nSPS) is 11.3. The molecular weight excluding hydrogens is 295 g/mol. The van der Waals surface area contributed by atoms with E-state index in [0.29, 0.717) is 5.69 Å². The van der Waals surface area contributed by atoms with E-state index in [2.05, 4.69) is 15.3 Å². The van der Waals surface area contributed by atoms with Gasteiger partial charge in [0, 0.05) is 10.6 Å². The molecule has 0 fully saturated rings. The number of nitrogens with one attached hydrogen (secondary N) is 2. The molecule has 9 heteroatoms. The summed E-state index contributed by atoms with van der Waals surface area (Å²) >= 11 is -0.250. The minimum Gasteiger partial charge on any atom is -0.493 e. The van der Waals surface area contributed by atoms with Gasteiger partial charge in [-0.3, -0.25) is 9.78 Å². The van der Waals surface area contributed by atoms with E-state index in [-0.39, 0.29) is 22.6 Å². The summed E-state index contributed by atoms with van der Waals surface area (Å²) in [7, 11) is 0. The van der Waals surface area contributed by atoms with E-state index in [0.717, 1.165) is 6.07 Å². The molecule has 2 rings (SSSR count). The third kappa shape index (κ3) is 4.19. The van der Waals surface area contributed by atoms with Gasteiger partial charge in [-0.15, -0.1) is 0 Å². The van der Waals surface area contributed by atoms with Gasteiger partial charge in [0.2, 0.25) is 11.8 Å². The second kappa shape index (κ2) is 5.45. The Morgan fingerprint density at radius 1 is 1.30 bits per heavy atom. The fraction of sp³-hybridized carbons (Fsp3) is 0.0909. The van der Waals surface area contributed by atoms with Gasteiger partial charge in [0.25, 0.3) is 5.56 Å². The van der Waals surface area contributed by atoms with Gasteiger partial charge in [-0.1, -0.05) is 6.07 Å². The summed E-state index contributed by atoms with van der Waals surface area (Å²) in [5.74, 6) is -0.554. The van der Waals surface area contributed by atoms with Crippen molar-refractivity contribution in [3.8, 4) is 5.88 Å². The first-order chi connectivity index (χ1) is 9.32. The smallest absolute Gasteiger partial charge is 0.446 e. The number of nitrogens with zero attached hydrogens (tertiary/aromatic N) is 1. The van der Waals surface area contributed by atoms with Crippen molar-refractivity contribution in [1.82, 2.24) is 9.97 Å². The fourth-order valence-corrected chi connectivity index (χ4v) is 2.01. The first-order valence-electron chi connectivity index (χ1n) is 5.25. The molecule has 0 saturated heterocycles. The molecule has 2 aromatic rings. The molecule has 20 heavy (non-hydrogen) atoms. The summed E-state index contributed by atoms with van der Waals surface area (Å²) in [5.41, 5.74) is -4.66. The first kappa shape index (κ1) is 14.3. The predicted octanol–water partition coefficient (Wildman–Crippen LogP) is 2.83. The number of hydrogen-bond acceptors (Lipinski definition) is 5. The minimum atomic E-state index is -4.38. The molecule has 1 aromatic heterocycles. The van der Waals surface area contributed by atoms with Crippen LogP contribution in [-0.4, -0.2) is 20.6 Å². The second-order valence-corrected chi connectivity index (χ2v) is 4.79. The third-order valence-corrected chi connectivity index (χ3v) is 2.78. The summed E-state index contributed by atoms with van der Waals surface area (Å²) in [6, 6.07) is 6.37. The molecule has 1 aromatic carbocycles. The van der Waals surface area contributed by atoms with E-state index in [1.807, 2.05) is 0 Å². The largest absolute Gasteiger partial charge is 0.493 e. The Balaban J connectivity index is 2.21. The maximum absolute atomic E-state index is 12.3. The van der Waals surface area contributed by atoms with Crippen LogP contribution in [-0.2, 0) is 0 Å². The van der Waals surface area contributed by atoms with Gasteiger partial charge in [0.15, 0.2) is 0 Å². The standard InChI is InChI=1S/C11H8F3N3O2S/c12-11(13,14)20-7-3-1-2-6(4-7)15-10-16-8(18)5-9(19)17-10/h1-5H,(H3,15,16,17,18,19). The lowest BCUT2D eigenvalue weighted by Crippen LogP contribution is -2.08. The quantitative estimate of drug-likeness (QED) is 0.760. The van der Waals surface area contributed by atoms with Gasteiger partial charge in [-0.2, -0.15) is 18.2 Å². The highest BCUT2D eigenvalue weighted by atomic mass is 32.2. The molecular formula is C11H8F3N3O2S. The van der Waals surface area contributed by atoms with Crippen LogP contribution in [0.25, 0.3) is 0 Å². The van der Waals surface area contributed by atoms with E-state index in [1.54, 1.807) is 0 Å². The Bertz CT molecular complexity index is 672. The molecule has 5 nitrogen and oxygen atoms in total. The zero-order chi connectivity index (χ0) is 14.8. The first-order valence-corrected chi connectivity index (χ1v) is 6.07. The lowest BCUT2D eigenvalue weighted by molar-refractivity contribution is -0.0328. The average Bonchev–Trinajstić information content (AvgIpc) is 2.25. The summed E-state index contributed by atoms with van der Waals surface area (Å²) < 4.78 is 36.8. The zero-order valence-corrected chi connectivity index (χ0v) is 10.5. The maximum atomic E-state index is 12.3. The molecule has 0 aliphatic heterocycles. The second-order valence-electron chi connectivity index (χ2n) is 3.65. The molecule has 0 unspecified atom stereocenters. The number of H-pyrrole nitrogens is 1. The maximum Gasteiger partial charge on any atom is 0.446 e. The Labute approximate surface area is 114 Å². The van der Waals surface area contributed by atoms with Gasteiger partial charge in [-0.05, 0) is 30.0 Å². The van der Waals surface area contributed by atoms with Gasteiger partial charge in [-0.25, -0.2) is 0 Å². The van der Waals surface area contributed by atoms with Gasteiger partial charge < -0.3 is 10.4 Å². The number of halogens is 3. The van der Waals surface area contributed by atoms with E-state index in [1.165, 1.54) is 24.3 Å². The molecule has 0 aliphatic rings. The lowest BCUT2D eigenvalue weighted by Gasteiger charge is -2.08. The molecule has 0 atom stereocenters. The SMILES string of the molecule is O=c1cc(O)nc(Nc2cccc(SC(F)(F)F)c2)[nH]1. The number of aromatic amines is 1. The molecule has 1 heterocycles. The molecule has 0 bridgehead atoms. The van der Waals surface area contributed by atoms with E-state index >= 15 is 0 Å². The Kier molecular flexibility index (Phi) is 3.89. The van der Waals surface area contributed by atoms with Crippen LogP contribution in [0.2, 0.25) is 0 Å². The highest BCUT2D eigenvalue weighted by Gasteiger charge is 2.29. The zero-order valence-electron chi connectivity index (χ0n) is 9.73. The number of rotatable bonds is 3. The van der Waals surface area contributed by atoms with Crippen LogP contribution >= 0.6 is 11.8 Å². The number of aromatic hydroxyl groups is 1. The molecule has 0 saturated carbocycles. The van der Waals surface area contributed by atoms with Crippen LogP contribution in [0.1, 0.15) is 0 Å². The molecule has 0 radical (unpaired) electrons. The van der Waals surface area contributed by atoms with Crippen LogP contribution in [0.15, 0.2) is 40.0 Å². The molecule has 3 N–H and O–H groups in total.